The van der Waals surface area contributed by atoms with Crippen molar-refractivity contribution >= 4 is 39.1 Å². The van der Waals surface area contributed by atoms with Crippen molar-refractivity contribution in [3.05, 3.63) is 47.0 Å². The molecular weight excluding hydrogens is 483 g/mol. The Hall–Kier alpha value is -2.67. The summed E-state index contributed by atoms with van der Waals surface area (Å²) in [6, 6.07) is 6.95. The molecular formula is C20H21ClF3N5O3S. The standard InChI is InChI=1S/C20H21ClF3N5O3S/c1-19(2,10-30)29-33(31,32)13-5-3-11(4-6-13)17-14(20(22,23)24)7-12(8-15(17)21)27-18-26-9-16(25)28-18/h3-8,29-30H,9-10H2,1-2H3,(H3,25,26,27,28). The lowest BCUT2D eigenvalue weighted by molar-refractivity contribution is -0.137. The molecule has 8 nitrogen and oxygen atoms in total. The number of aliphatic imine (C=N–C) groups is 2. The van der Waals surface area contributed by atoms with Gasteiger partial charge in [-0.2, -0.15) is 18.2 Å². The number of benzene rings is 2. The van der Waals surface area contributed by atoms with Crippen molar-refractivity contribution in [1.82, 2.24) is 4.72 Å². The second kappa shape index (κ2) is 8.93. The highest BCUT2D eigenvalue weighted by Crippen LogP contribution is 2.43. The van der Waals surface area contributed by atoms with Crippen LogP contribution in [0.15, 0.2) is 51.3 Å². The Labute approximate surface area is 193 Å². The number of aliphatic hydroxyl groups excluding tert-OH is 1. The first-order valence-electron chi connectivity index (χ1n) is 9.52. The zero-order chi connectivity index (χ0) is 24.6. The van der Waals surface area contributed by atoms with Crippen molar-refractivity contribution < 1.29 is 26.7 Å². The molecule has 0 unspecified atom stereocenters. The van der Waals surface area contributed by atoms with Crippen molar-refractivity contribution in [1.29, 1.82) is 0 Å². The van der Waals surface area contributed by atoms with Crippen LogP contribution < -0.4 is 15.8 Å². The van der Waals surface area contributed by atoms with E-state index in [0.717, 1.165) is 6.07 Å². The third-order valence-electron chi connectivity index (χ3n) is 4.55. The van der Waals surface area contributed by atoms with Crippen LogP contribution in [0.4, 0.5) is 18.9 Å². The highest BCUT2D eigenvalue weighted by molar-refractivity contribution is 7.89. The number of rotatable bonds is 6. The van der Waals surface area contributed by atoms with Gasteiger partial charge in [-0.3, -0.25) is 0 Å². The number of amidine groups is 1. The Morgan fingerprint density at radius 1 is 1.18 bits per heavy atom. The van der Waals surface area contributed by atoms with Gasteiger partial charge in [0.15, 0.2) is 0 Å². The normalized spacial score (nSPS) is 14.8. The minimum Gasteiger partial charge on any atom is -0.394 e. The molecule has 1 aliphatic rings. The molecule has 13 heteroatoms. The van der Waals surface area contributed by atoms with E-state index < -0.39 is 33.9 Å². The fourth-order valence-corrected chi connectivity index (χ4v) is 4.74. The van der Waals surface area contributed by atoms with Gasteiger partial charge in [0, 0.05) is 11.3 Å². The molecule has 2 aromatic rings. The number of nitrogens with zero attached hydrogens (tertiary/aromatic N) is 2. The molecule has 0 radical (unpaired) electrons. The summed E-state index contributed by atoms with van der Waals surface area (Å²) >= 11 is 6.23. The lowest BCUT2D eigenvalue weighted by Gasteiger charge is -2.23. The van der Waals surface area contributed by atoms with Crippen molar-refractivity contribution in [2.24, 2.45) is 15.7 Å². The molecule has 0 amide bonds. The number of nitrogens with two attached hydrogens (primary N) is 1. The predicted molar refractivity (Wildman–Crippen MR) is 121 cm³/mol. The van der Waals surface area contributed by atoms with Gasteiger partial charge in [-0.1, -0.05) is 23.7 Å². The summed E-state index contributed by atoms with van der Waals surface area (Å²) in [5.41, 5.74) is 3.16. The van der Waals surface area contributed by atoms with E-state index in [9.17, 15) is 26.7 Å². The summed E-state index contributed by atoms with van der Waals surface area (Å²) in [5.74, 6) is 0.292. The van der Waals surface area contributed by atoms with Gasteiger partial charge >= 0.3 is 6.18 Å². The van der Waals surface area contributed by atoms with Crippen molar-refractivity contribution in [2.45, 2.75) is 30.5 Å². The molecule has 1 aliphatic heterocycles. The van der Waals surface area contributed by atoms with Crippen LogP contribution in [-0.2, 0) is 16.2 Å². The number of hydrogen-bond acceptors (Lipinski definition) is 7. The average molecular weight is 504 g/mol. The summed E-state index contributed by atoms with van der Waals surface area (Å²) in [4.78, 5) is 7.66. The summed E-state index contributed by atoms with van der Waals surface area (Å²) in [6.45, 7) is 2.67. The van der Waals surface area contributed by atoms with Crippen molar-refractivity contribution in [3.63, 3.8) is 0 Å². The molecule has 0 fully saturated rings. The van der Waals surface area contributed by atoms with Crippen LogP contribution in [0.5, 0.6) is 0 Å². The number of alkyl halides is 3. The molecule has 0 bridgehead atoms. The van der Waals surface area contributed by atoms with E-state index >= 15 is 0 Å². The summed E-state index contributed by atoms with van der Waals surface area (Å²) < 4.78 is 69.0. The Morgan fingerprint density at radius 2 is 1.82 bits per heavy atom. The van der Waals surface area contributed by atoms with E-state index in [4.69, 9.17) is 17.3 Å². The second-order valence-corrected chi connectivity index (χ2v) is 10.0. The van der Waals surface area contributed by atoms with Gasteiger partial charge in [-0.05, 0) is 43.7 Å². The van der Waals surface area contributed by atoms with E-state index in [1.165, 1.54) is 44.2 Å². The third kappa shape index (κ3) is 5.82. The average Bonchev–Trinajstić information content (AvgIpc) is 3.11. The number of hydrogen-bond donors (Lipinski definition) is 4. The predicted octanol–water partition coefficient (Wildman–Crippen LogP) is 3.21. The Kier molecular flexibility index (Phi) is 6.76. The fraction of sp³-hybridized carbons (Fsp3) is 0.300. The van der Waals surface area contributed by atoms with Gasteiger partial charge in [0.25, 0.3) is 0 Å². The van der Waals surface area contributed by atoms with Gasteiger partial charge in [0.05, 0.1) is 27.6 Å². The molecule has 0 saturated carbocycles. The SMILES string of the molecule is CC(C)(CO)NS(=O)(=O)c1ccc(-c2c(Cl)cc(NC3=NCC(N)=N3)cc2C(F)(F)F)cc1. The molecule has 0 atom stereocenters. The van der Waals surface area contributed by atoms with Crippen LogP contribution >= 0.6 is 11.6 Å². The summed E-state index contributed by atoms with van der Waals surface area (Å²) in [7, 11) is -4.01. The molecule has 2 aromatic carbocycles. The molecule has 1 heterocycles. The van der Waals surface area contributed by atoms with Crippen molar-refractivity contribution in [2.75, 3.05) is 18.5 Å². The molecule has 5 N–H and O–H groups in total. The smallest absolute Gasteiger partial charge is 0.394 e. The Bertz CT molecular complexity index is 1230. The molecule has 178 valence electrons. The lowest BCUT2D eigenvalue weighted by atomic mass is 9.98. The molecule has 33 heavy (non-hydrogen) atoms. The maximum absolute atomic E-state index is 13.9. The molecule has 0 spiro atoms. The fourth-order valence-electron chi connectivity index (χ4n) is 3.01. The van der Waals surface area contributed by atoms with Crippen LogP contribution in [0.3, 0.4) is 0 Å². The van der Waals surface area contributed by atoms with Gasteiger partial charge in [0.2, 0.25) is 16.0 Å². The van der Waals surface area contributed by atoms with E-state index in [1.54, 1.807) is 0 Å². The highest BCUT2D eigenvalue weighted by Gasteiger charge is 2.36. The first-order chi connectivity index (χ1) is 15.2. The topological polar surface area (TPSA) is 129 Å². The van der Waals surface area contributed by atoms with Gasteiger partial charge in [-0.15, -0.1) is 0 Å². The zero-order valence-corrected chi connectivity index (χ0v) is 19.1. The lowest BCUT2D eigenvalue weighted by Crippen LogP contribution is -2.46. The minimum atomic E-state index is -4.76. The van der Waals surface area contributed by atoms with Crippen LogP contribution in [0.1, 0.15) is 19.4 Å². The maximum atomic E-state index is 13.9. The number of anilines is 1. The zero-order valence-electron chi connectivity index (χ0n) is 17.5. The minimum absolute atomic E-state index is 0.0166. The van der Waals surface area contributed by atoms with Gasteiger partial charge in [-0.25, -0.2) is 18.1 Å². The molecule has 0 aromatic heterocycles. The summed E-state index contributed by atoms with van der Waals surface area (Å²) in [5, 5.41) is 11.7. The Morgan fingerprint density at radius 3 is 2.33 bits per heavy atom. The third-order valence-corrected chi connectivity index (χ3v) is 6.56. The van der Waals surface area contributed by atoms with E-state index in [-0.39, 0.29) is 45.1 Å². The Balaban J connectivity index is 2.00. The second-order valence-electron chi connectivity index (χ2n) is 7.92. The van der Waals surface area contributed by atoms with Crippen molar-refractivity contribution in [3.8, 4) is 11.1 Å². The van der Waals surface area contributed by atoms with E-state index in [0.29, 0.717) is 0 Å². The van der Waals surface area contributed by atoms with Crippen LogP contribution in [0, 0.1) is 0 Å². The van der Waals surface area contributed by atoms with Gasteiger partial charge < -0.3 is 16.2 Å². The number of aliphatic hydroxyl groups is 1. The molecule has 0 saturated heterocycles. The number of sulfonamides is 1. The number of nitrogens with one attached hydrogen (secondary N) is 2. The quantitative estimate of drug-likeness (QED) is 0.481. The first kappa shape index (κ1) is 25.0. The van der Waals surface area contributed by atoms with Crippen LogP contribution in [-0.4, -0.2) is 44.0 Å². The van der Waals surface area contributed by atoms with Gasteiger partial charge in [0.1, 0.15) is 12.4 Å². The van der Waals surface area contributed by atoms with E-state index in [1.807, 2.05) is 0 Å². The number of halogens is 4. The molecule has 0 aliphatic carbocycles. The summed E-state index contributed by atoms with van der Waals surface area (Å²) in [6.07, 6.45) is -4.76. The monoisotopic (exact) mass is 503 g/mol. The molecule has 3 rings (SSSR count). The largest absolute Gasteiger partial charge is 0.417 e. The maximum Gasteiger partial charge on any atom is 0.417 e. The number of guanidine groups is 1. The first-order valence-corrected chi connectivity index (χ1v) is 11.4. The highest BCUT2D eigenvalue weighted by atomic mass is 35.5. The van der Waals surface area contributed by atoms with E-state index in [2.05, 4.69) is 20.0 Å². The van der Waals surface area contributed by atoms with Crippen LogP contribution in [0.2, 0.25) is 5.02 Å². The van der Waals surface area contributed by atoms with Crippen LogP contribution in [0.25, 0.3) is 11.1 Å².